The Morgan fingerprint density at radius 1 is 1.32 bits per heavy atom. The van der Waals surface area contributed by atoms with Crippen molar-refractivity contribution in [3.05, 3.63) is 48.7 Å². The quantitative estimate of drug-likeness (QED) is 0.616. The molecule has 1 aromatic heterocycles. The maximum Gasteiger partial charge on any atom is 0.119 e. The number of halogens is 1. The van der Waals surface area contributed by atoms with E-state index < -0.39 is 6.10 Å². The fraction of sp³-hybridized carbons (Fsp3) is 0.476. The summed E-state index contributed by atoms with van der Waals surface area (Å²) in [5, 5.41) is 12.1. The Balaban J connectivity index is 0.000000950. The van der Waals surface area contributed by atoms with Crippen molar-refractivity contribution in [3.8, 4) is 5.75 Å². The number of ether oxygens (including phenoxy) is 1. The zero-order chi connectivity index (χ0) is 18.7. The van der Waals surface area contributed by atoms with E-state index in [-0.39, 0.29) is 17.0 Å². The van der Waals surface area contributed by atoms with Gasteiger partial charge in [-0.05, 0) is 61.1 Å². The first-order chi connectivity index (χ1) is 12.7. The number of aromatic nitrogens is 1. The molecule has 2 aromatic rings. The number of aliphatic hydroxyl groups is 1. The van der Waals surface area contributed by atoms with Crippen LogP contribution in [-0.2, 0) is 0 Å². The molecule has 5 atom stereocenters. The van der Waals surface area contributed by atoms with Gasteiger partial charge in [0.25, 0.3) is 0 Å². The lowest BCUT2D eigenvalue weighted by molar-refractivity contribution is -0.0444. The lowest BCUT2D eigenvalue weighted by Gasteiger charge is -2.50. The van der Waals surface area contributed by atoms with Crippen LogP contribution in [0.3, 0.4) is 0 Å². The van der Waals surface area contributed by atoms with E-state index in [1.54, 1.807) is 13.3 Å². The summed E-state index contributed by atoms with van der Waals surface area (Å²) in [4.78, 5) is 6.86. The molecule has 0 saturated carbocycles. The Labute approximate surface area is 171 Å². The third-order valence-electron chi connectivity index (χ3n) is 5.82. The first-order valence-corrected chi connectivity index (χ1v) is 9.82. The lowest BCUT2D eigenvalue weighted by Crippen LogP contribution is -2.54. The highest BCUT2D eigenvalue weighted by atomic mass is 35.5. The van der Waals surface area contributed by atoms with Crippen molar-refractivity contribution in [2.24, 2.45) is 11.8 Å². The minimum Gasteiger partial charge on any atom is -0.497 e. The molecular weight excluding hydrogens is 380 g/mol. The lowest BCUT2D eigenvalue weighted by atomic mass is 9.73. The summed E-state index contributed by atoms with van der Waals surface area (Å²) in [6, 6.07) is 7.96. The number of aliphatic hydroxyl groups excluding tert-OH is 1. The summed E-state index contributed by atoms with van der Waals surface area (Å²) in [6.07, 6.45) is 7.09. The number of alkyl halides is 1. The second kappa shape index (κ2) is 10.7. The normalized spacial score (nSPS) is 26.1. The van der Waals surface area contributed by atoms with Crippen LogP contribution < -0.4 is 4.74 Å². The number of piperidine rings is 3. The smallest absolute Gasteiger partial charge is 0.119 e. The molecule has 156 valence electrons. The van der Waals surface area contributed by atoms with Crippen LogP contribution in [0.5, 0.6) is 5.75 Å². The van der Waals surface area contributed by atoms with E-state index in [0.29, 0.717) is 11.8 Å². The van der Waals surface area contributed by atoms with E-state index in [1.165, 1.54) is 12.8 Å². The van der Waals surface area contributed by atoms with Gasteiger partial charge in [0, 0.05) is 30.6 Å². The highest BCUT2D eigenvalue weighted by Crippen LogP contribution is 2.42. The Bertz CT molecular complexity index is 773. The molecule has 5 rings (SSSR count). The number of nitrogens with zero attached hydrogens (tertiary/aromatic N) is 2. The molecular formula is C21H31ClN2O4. The summed E-state index contributed by atoms with van der Waals surface area (Å²) in [6.45, 7) is 6.07. The van der Waals surface area contributed by atoms with Gasteiger partial charge >= 0.3 is 0 Å². The molecule has 0 radical (unpaired) electrons. The second-order valence-corrected chi connectivity index (χ2v) is 6.97. The van der Waals surface area contributed by atoms with Crippen molar-refractivity contribution in [1.82, 2.24) is 9.88 Å². The highest BCUT2D eigenvalue weighted by molar-refractivity contribution is 6.15. The number of rotatable bonds is 4. The van der Waals surface area contributed by atoms with Crippen molar-refractivity contribution in [2.75, 3.05) is 26.6 Å². The van der Waals surface area contributed by atoms with Crippen LogP contribution in [0.4, 0.5) is 0 Å². The molecule has 1 unspecified atom stereocenters. The number of hydrogen-bond acceptors (Lipinski definition) is 4. The van der Waals surface area contributed by atoms with Gasteiger partial charge in [-0.15, -0.1) is 18.2 Å². The Morgan fingerprint density at radius 2 is 2.07 bits per heavy atom. The van der Waals surface area contributed by atoms with E-state index in [0.717, 1.165) is 41.7 Å². The Morgan fingerprint density at radius 3 is 2.68 bits per heavy atom. The van der Waals surface area contributed by atoms with Gasteiger partial charge in [-0.2, -0.15) is 0 Å². The topological polar surface area (TPSA) is 109 Å². The number of fused-ring (bicyclic) bond motifs is 4. The molecule has 3 fully saturated rings. The third kappa shape index (κ3) is 4.47. The first kappa shape index (κ1) is 24.3. The van der Waals surface area contributed by atoms with E-state index in [1.807, 2.05) is 24.3 Å². The summed E-state index contributed by atoms with van der Waals surface area (Å²) in [5.41, 5.74) is 1.85. The predicted octanol–water partition coefficient (Wildman–Crippen LogP) is 2.38. The molecule has 28 heavy (non-hydrogen) atoms. The molecule has 0 amide bonds. The van der Waals surface area contributed by atoms with E-state index in [4.69, 9.17) is 4.74 Å². The summed E-state index contributed by atoms with van der Waals surface area (Å²) >= 11 is 4.64. The molecule has 0 spiro atoms. The second-order valence-electron chi connectivity index (χ2n) is 6.97. The fourth-order valence-corrected chi connectivity index (χ4v) is 4.44. The van der Waals surface area contributed by atoms with Crippen molar-refractivity contribution >= 4 is 22.5 Å². The summed E-state index contributed by atoms with van der Waals surface area (Å²) in [7, 11) is 1.66. The summed E-state index contributed by atoms with van der Waals surface area (Å²) < 4.78 is 5.35. The van der Waals surface area contributed by atoms with Crippen LogP contribution in [0.25, 0.3) is 10.9 Å². The molecule has 1 aromatic carbocycles. The highest BCUT2D eigenvalue weighted by Gasteiger charge is 2.42. The zero-order valence-electron chi connectivity index (χ0n) is 16.4. The van der Waals surface area contributed by atoms with Gasteiger partial charge in [-0.3, -0.25) is 9.88 Å². The standard InChI is InChI=1S/C20H24N2O2.CH3Cl.2H2O/c1-3-13-12-22-9-7-14(13)10-19(22)20(23)16-6-8-21-18-5-4-15(24-2)11-17(16)18;1-2;;/h3-6,8,11,13-14,19-20,23H,1,7,9-10,12H2,2H3;1H3;2*1H2/t13-,14-,19-,20+;;;/m0.../s1. The molecule has 2 bridgehead atoms. The van der Waals surface area contributed by atoms with Crippen LogP contribution in [0.15, 0.2) is 43.1 Å². The molecule has 3 aliphatic heterocycles. The average molecular weight is 411 g/mol. The van der Waals surface area contributed by atoms with E-state index in [2.05, 4.69) is 34.1 Å². The number of hydrogen-bond donors (Lipinski definition) is 1. The largest absolute Gasteiger partial charge is 0.497 e. The van der Waals surface area contributed by atoms with Crippen molar-refractivity contribution in [1.29, 1.82) is 0 Å². The Hall–Kier alpha value is -1.70. The van der Waals surface area contributed by atoms with Crippen molar-refractivity contribution in [2.45, 2.75) is 25.0 Å². The molecule has 7 heteroatoms. The summed E-state index contributed by atoms with van der Waals surface area (Å²) in [5.74, 6) is 2.01. The van der Waals surface area contributed by atoms with Crippen LogP contribution in [0.2, 0.25) is 0 Å². The molecule has 0 aliphatic carbocycles. The number of benzene rings is 1. The van der Waals surface area contributed by atoms with Gasteiger partial charge in [0.2, 0.25) is 0 Å². The number of pyridine rings is 1. The monoisotopic (exact) mass is 410 g/mol. The Kier molecular flexibility index (Phi) is 9.33. The van der Waals surface area contributed by atoms with Crippen molar-refractivity contribution < 1.29 is 20.8 Å². The van der Waals surface area contributed by atoms with Crippen LogP contribution in [0, 0.1) is 11.8 Å². The predicted molar refractivity (Wildman–Crippen MR) is 114 cm³/mol. The maximum atomic E-state index is 11.2. The molecule has 5 N–H and O–H groups in total. The zero-order valence-corrected chi connectivity index (χ0v) is 17.2. The van der Waals surface area contributed by atoms with Crippen LogP contribution >= 0.6 is 11.6 Å². The van der Waals surface area contributed by atoms with Crippen LogP contribution in [0.1, 0.15) is 24.5 Å². The van der Waals surface area contributed by atoms with Gasteiger partial charge in [0.1, 0.15) is 5.75 Å². The average Bonchev–Trinajstić information content (AvgIpc) is 2.73. The van der Waals surface area contributed by atoms with Gasteiger partial charge in [0.15, 0.2) is 0 Å². The molecule has 4 heterocycles. The molecule has 6 nitrogen and oxygen atoms in total. The van der Waals surface area contributed by atoms with Gasteiger partial charge in [-0.25, -0.2) is 0 Å². The third-order valence-corrected chi connectivity index (χ3v) is 5.82. The minimum atomic E-state index is -0.504. The van der Waals surface area contributed by atoms with Gasteiger partial charge < -0.3 is 20.8 Å². The van der Waals surface area contributed by atoms with E-state index >= 15 is 0 Å². The van der Waals surface area contributed by atoms with Gasteiger partial charge in [0.05, 0.1) is 18.7 Å². The van der Waals surface area contributed by atoms with Gasteiger partial charge in [-0.1, -0.05) is 6.08 Å². The minimum absolute atomic E-state index is 0. The fourth-order valence-electron chi connectivity index (χ4n) is 4.44. The van der Waals surface area contributed by atoms with Crippen molar-refractivity contribution in [3.63, 3.8) is 0 Å². The van der Waals surface area contributed by atoms with E-state index in [9.17, 15) is 5.11 Å². The number of methoxy groups -OCH3 is 1. The molecule has 3 saturated heterocycles. The molecule has 3 aliphatic rings. The first-order valence-electron chi connectivity index (χ1n) is 9.06. The van der Waals surface area contributed by atoms with Crippen LogP contribution in [-0.4, -0.2) is 58.6 Å². The maximum absolute atomic E-state index is 11.2. The SMILES string of the molecule is C=C[C@H]1CN2CC[C@H]1C[C@H]2[C@H](O)c1ccnc2ccc(OC)cc12.CCl.O.O.